The van der Waals surface area contributed by atoms with E-state index in [-0.39, 0.29) is 11.3 Å². The molecule has 1 fully saturated rings. The number of oxazole rings is 1. The van der Waals surface area contributed by atoms with Crippen LogP contribution in [0.5, 0.6) is 0 Å². The Balaban J connectivity index is 1.18. The number of nitrogens with zero attached hydrogens (tertiary/aromatic N) is 4. The molecule has 4 heterocycles. The van der Waals surface area contributed by atoms with Crippen LogP contribution in [0, 0.1) is 0 Å². The average molecular weight is 554 g/mol. The van der Waals surface area contributed by atoms with Gasteiger partial charge in [0.05, 0.1) is 32.0 Å². The third kappa shape index (κ3) is 4.81. The van der Waals surface area contributed by atoms with Gasteiger partial charge in [0, 0.05) is 42.6 Å². The smallest absolute Gasteiger partial charge is 0.227 e. The van der Waals surface area contributed by atoms with Crippen LogP contribution >= 0.6 is 34.5 Å². The first-order chi connectivity index (χ1) is 18.0. The minimum Gasteiger partial charge on any atom is -0.449 e. The van der Waals surface area contributed by atoms with Crippen molar-refractivity contribution in [2.24, 2.45) is 0 Å². The number of aromatic nitrogens is 2. The molecule has 0 unspecified atom stereocenters. The van der Waals surface area contributed by atoms with E-state index in [2.05, 4.69) is 34.2 Å². The van der Waals surface area contributed by atoms with Crippen LogP contribution < -0.4 is 4.90 Å². The molecule has 2 aliphatic heterocycles. The summed E-state index contributed by atoms with van der Waals surface area (Å²) in [4.78, 5) is 26.6. The number of amides is 1. The summed E-state index contributed by atoms with van der Waals surface area (Å²) in [5.41, 5.74) is 6.21. The quantitative estimate of drug-likeness (QED) is 0.269. The predicted molar refractivity (Wildman–Crippen MR) is 150 cm³/mol. The summed E-state index contributed by atoms with van der Waals surface area (Å²) in [6.07, 6.45) is 10.3. The molecule has 2 aromatic heterocycles. The molecule has 1 spiro atoms. The number of fused-ring (bicyclic) bond motifs is 4. The maximum atomic E-state index is 13.4. The zero-order valence-electron chi connectivity index (χ0n) is 20.2. The number of hydrogen-bond acceptors (Lipinski definition) is 6. The number of benzene rings is 2. The number of rotatable bonds is 6. The van der Waals surface area contributed by atoms with Crippen LogP contribution in [0.25, 0.3) is 16.3 Å². The summed E-state index contributed by atoms with van der Waals surface area (Å²) in [6.45, 7) is 3.50. The van der Waals surface area contributed by atoms with Crippen LogP contribution in [0.4, 0.5) is 5.69 Å². The highest BCUT2D eigenvalue weighted by Gasteiger charge is 2.47. The number of aryl methyl sites for hydroxylation is 1. The topological polar surface area (TPSA) is 62.5 Å². The van der Waals surface area contributed by atoms with Crippen LogP contribution in [0.3, 0.4) is 0 Å². The van der Waals surface area contributed by atoms with Gasteiger partial charge in [-0.25, -0.2) is 9.97 Å². The third-order valence-electron chi connectivity index (χ3n) is 7.56. The number of thiazole rings is 1. The highest BCUT2D eigenvalue weighted by atomic mass is 35.5. The number of halogens is 2. The Morgan fingerprint density at radius 1 is 1.16 bits per heavy atom. The van der Waals surface area contributed by atoms with Gasteiger partial charge in [-0.2, -0.15) is 0 Å². The predicted octanol–water partition coefficient (Wildman–Crippen LogP) is 6.62. The molecule has 0 radical (unpaired) electrons. The summed E-state index contributed by atoms with van der Waals surface area (Å²) in [5, 5.41) is 1.13. The first-order valence-corrected chi connectivity index (χ1v) is 14.0. The van der Waals surface area contributed by atoms with Gasteiger partial charge in [0.2, 0.25) is 5.91 Å². The zero-order valence-corrected chi connectivity index (χ0v) is 22.5. The van der Waals surface area contributed by atoms with Gasteiger partial charge in [-0.3, -0.25) is 9.69 Å². The molecule has 1 amide bonds. The molecule has 4 aromatic rings. The minimum absolute atomic E-state index is 0.0747. The summed E-state index contributed by atoms with van der Waals surface area (Å²) >= 11 is 13.8. The SMILES string of the molecule is O=C(CCc1cnco1)N1CC2(CCN(C/C=C/c3ccc(Cl)c(Cl)c3)CC2)c2c1ccc1scnc21. The summed E-state index contributed by atoms with van der Waals surface area (Å²) in [7, 11) is 0. The first kappa shape index (κ1) is 24.6. The fourth-order valence-corrected chi connectivity index (χ4v) is 6.61. The normalized spacial score (nSPS) is 17.3. The van der Waals surface area contributed by atoms with Gasteiger partial charge in [-0.15, -0.1) is 11.3 Å². The van der Waals surface area contributed by atoms with Gasteiger partial charge in [-0.1, -0.05) is 41.4 Å². The Morgan fingerprint density at radius 3 is 2.81 bits per heavy atom. The van der Waals surface area contributed by atoms with Crippen molar-refractivity contribution in [2.45, 2.75) is 31.1 Å². The molecule has 1 saturated heterocycles. The molecule has 9 heteroatoms. The monoisotopic (exact) mass is 552 g/mol. The second-order valence-electron chi connectivity index (χ2n) is 9.76. The van der Waals surface area contributed by atoms with Gasteiger partial charge in [0.1, 0.15) is 5.76 Å². The van der Waals surface area contributed by atoms with Crippen molar-refractivity contribution in [3.05, 3.63) is 81.4 Å². The molecule has 6 rings (SSSR count). The molecular formula is C28H26Cl2N4O2S. The summed E-state index contributed by atoms with van der Waals surface area (Å²) in [6, 6.07) is 9.89. The molecule has 37 heavy (non-hydrogen) atoms. The van der Waals surface area contributed by atoms with Crippen molar-refractivity contribution in [2.75, 3.05) is 31.1 Å². The van der Waals surface area contributed by atoms with Crippen molar-refractivity contribution in [1.29, 1.82) is 0 Å². The Kier molecular flexibility index (Phi) is 6.80. The number of piperidine rings is 1. The summed E-state index contributed by atoms with van der Waals surface area (Å²) < 4.78 is 6.52. The van der Waals surface area contributed by atoms with Crippen molar-refractivity contribution >= 4 is 62.4 Å². The molecule has 0 bridgehead atoms. The van der Waals surface area contributed by atoms with Crippen molar-refractivity contribution in [3.63, 3.8) is 0 Å². The van der Waals surface area contributed by atoms with Gasteiger partial charge in [0.15, 0.2) is 6.39 Å². The van der Waals surface area contributed by atoms with E-state index in [0.717, 1.165) is 55.0 Å². The Hall–Kier alpha value is -2.71. The summed E-state index contributed by atoms with van der Waals surface area (Å²) in [5.74, 6) is 0.857. The van der Waals surface area contributed by atoms with E-state index in [1.165, 1.54) is 16.7 Å². The zero-order chi connectivity index (χ0) is 25.4. The lowest BCUT2D eigenvalue weighted by Gasteiger charge is -2.39. The molecule has 0 saturated carbocycles. The van der Waals surface area contributed by atoms with Gasteiger partial charge >= 0.3 is 0 Å². The molecule has 2 aliphatic rings. The molecule has 6 nitrogen and oxygen atoms in total. The molecular weight excluding hydrogens is 527 g/mol. The molecule has 0 aliphatic carbocycles. The number of hydrogen-bond donors (Lipinski definition) is 0. The minimum atomic E-state index is -0.0747. The molecule has 0 N–H and O–H groups in total. The van der Waals surface area contributed by atoms with Crippen LogP contribution in [-0.2, 0) is 16.6 Å². The number of carbonyl (C=O) groups is 1. The number of anilines is 1. The van der Waals surface area contributed by atoms with Crippen LogP contribution in [0.1, 0.15) is 36.1 Å². The van der Waals surface area contributed by atoms with E-state index in [4.69, 9.17) is 32.6 Å². The largest absolute Gasteiger partial charge is 0.449 e. The highest BCUT2D eigenvalue weighted by molar-refractivity contribution is 7.16. The Morgan fingerprint density at radius 2 is 2.03 bits per heavy atom. The molecule has 190 valence electrons. The van der Waals surface area contributed by atoms with Crippen LogP contribution in [-0.4, -0.2) is 47.0 Å². The standard InChI is InChI=1S/C28H26Cl2N4O2S/c29-21-5-3-19(14-22(21)30)2-1-11-33-12-9-28(10-13-33)16-34(25(35)8-4-20-15-31-17-36-20)23-6-7-24-27(26(23)28)32-18-37-24/h1-3,5-7,14-15,17-18H,4,8-13,16H2/b2-1+. The fourth-order valence-electron chi connectivity index (χ4n) is 5.61. The highest BCUT2D eigenvalue weighted by Crippen LogP contribution is 2.50. The van der Waals surface area contributed by atoms with E-state index in [1.54, 1.807) is 17.5 Å². The maximum Gasteiger partial charge on any atom is 0.227 e. The number of carbonyl (C=O) groups excluding carboxylic acids is 1. The lowest BCUT2D eigenvalue weighted by molar-refractivity contribution is -0.118. The van der Waals surface area contributed by atoms with Gasteiger partial charge < -0.3 is 9.32 Å². The molecule has 2 aromatic carbocycles. The second kappa shape index (κ2) is 10.2. The number of likely N-dealkylation sites (tertiary alicyclic amines) is 1. The second-order valence-corrected chi connectivity index (χ2v) is 11.5. The van der Waals surface area contributed by atoms with Crippen LogP contribution in [0.15, 0.2) is 58.9 Å². The lowest BCUT2D eigenvalue weighted by atomic mass is 9.74. The molecule has 0 atom stereocenters. The van der Waals surface area contributed by atoms with Gasteiger partial charge in [0.25, 0.3) is 0 Å². The van der Waals surface area contributed by atoms with Crippen LogP contribution in [0.2, 0.25) is 10.0 Å². The van der Waals surface area contributed by atoms with E-state index in [0.29, 0.717) is 29.4 Å². The van der Waals surface area contributed by atoms with Crippen molar-refractivity contribution in [3.8, 4) is 0 Å². The van der Waals surface area contributed by atoms with Crippen molar-refractivity contribution < 1.29 is 9.21 Å². The Labute approximate surface area is 229 Å². The van der Waals surface area contributed by atoms with E-state index >= 15 is 0 Å². The fraction of sp³-hybridized carbons (Fsp3) is 0.321. The van der Waals surface area contributed by atoms with Crippen molar-refractivity contribution in [1.82, 2.24) is 14.9 Å². The van der Waals surface area contributed by atoms with E-state index in [1.807, 2.05) is 28.6 Å². The Bertz CT molecular complexity index is 1460. The van der Waals surface area contributed by atoms with E-state index in [9.17, 15) is 4.79 Å². The first-order valence-electron chi connectivity index (χ1n) is 12.4. The maximum absolute atomic E-state index is 13.4. The third-order valence-corrected chi connectivity index (χ3v) is 9.10. The van der Waals surface area contributed by atoms with E-state index < -0.39 is 0 Å². The average Bonchev–Trinajstić information content (AvgIpc) is 3.65. The van der Waals surface area contributed by atoms with Gasteiger partial charge in [-0.05, 0) is 55.8 Å². The lowest BCUT2D eigenvalue weighted by Crippen LogP contribution is -2.46.